The first-order valence-corrected chi connectivity index (χ1v) is 33.5. The van der Waals surface area contributed by atoms with Gasteiger partial charge in [-0.1, -0.05) is 0 Å². The molecule has 0 amide bonds. The lowest BCUT2D eigenvalue weighted by atomic mass is 9.91. The summed E-state index contributed by atoms with van der Waals surface area (Å²) in [4.78, 5) is 43.3. The van der Waals surface area contributed by atoms with Gasteiger partial charge in [0.15, 0.2) is 11.9 Å². The minimum Gasteiger partial charge on any atom is -0.458 e. The van der Waals surface area contributed by atoms with Gasteiger partial charge in [-0.15, -0.1) is 0 Å². The van der Waals surface area contributed by atoms with Crippen molar-refractivity contribution in [2.45, 2.75) is 72.3 Å². The molecule has 6 N–H and O–H groups in total. The van der Waals surface area contributed by atoms with Crippen LogP contribution in [-0.2, 0) is 153 Å². The molecule has 2 aromatic rings. The van der Waals surface area contributed by atoms with E-state index in [0.717, 1.165) is 0 Å². The number of ether oxygens (including phenoxy) is 23. The Kier molecular flexibility index (Phi) is 53.3. The van der Waals surface area contributed by atoms with E-state index in [1.165, 1.54) is 0 Å². The number of carbonyl (C=O) groups is 3. The van der Waals surface area contributed by atoms with Gasteiger partial charge in [0.1, 0.15) is 18.6 Å². The summed E-state index contributed by atoms with van der Waals surface area (Å²) >= 11 is 0. The van der Waals surface area contributed by atoms with Crippen LogP contribution in [0.15, 0.2) is 24.3 Å². The Hall–Kier alpha value is -4.19. The van der Waals surface area contributed by atoms with Crippen LogP contribution in [0.4, 0.5) is 0 Å². The second kappa shape index (κ2) is 59.2. The highest BCUT2D eigenvalue weighted by molar-refractivity contribution is 5.91. The van der Waals surface area contributed by atoms with Crippen molar-refractivity contribution in [3.8, 4) is 0 Å². The van der Waals surface area contributed by atoms with Gasteiger partial charge in [0.05, 0.1) is 302 Å². The highest BCUT2D eigenvalue weighted by atomic mass is 16.7. The third-order valence-electron chi connectivity index (χ3n) is 13.8. The van der Waals surface area contributed by atoms with Crippen molar-refractivity contribution in [3.63, 3.8) is 0 Å². The van der Waals surface area contributed by atoms with Crippen molar-refractivity contribution in [3.05, 3.63) is 68.8 Å². The minimum absolute atomic E-state index is 0.0232. The molecule has 0 aromatic heterocycles. The molecule has 3 rings (SSSR count). The first-order valence-electron chi connectivity index (χ1n) is 33.5. The summed E-state index contributed by atoms with van der Waals surface area (Å²) in [6.45, 7) is 9.48. The van der Waals surface area contributed by atoms with Crippen molar-refractivity contribution < 1.29 is 154 Å². The second-order valence-electron chi connectivity index (χ2n) is 22.3. The molecule has 1 heterocycles. The quantitative estimate of drug-likeness (QED) is 0.0301. The number of rotatable bonds is 68. The monoisotopic (exact) mass is 1430 g/mol. The van der Waals surface area contributed by atoms with E-state index in [2.05, 4.69) is 0 Å². The molecule has 0 saturated carbocycles. The van der Waals surface area contributed by atoms with Gasteiger partial charge in [-0.3, -0.25) is 4.79 Å². The normalized spacial score (nSPS) is 13.6. The molecule has 1 saturated heterocycles. The smallest absolute Gasteiger partial charge is 0.338 e. The summed E-state index contributed by atoms with van der Waals surface area (Å²) < 4.78 is 132. The van der Waals surface area contributed by atoms with Crippen LogP contribution in [0.3, 0.4) is 0 Å². The van der Waals surface area contributed by atoms with Gasteiger partial charge < -0.3 is 140 Å². The molecule has 1 aliphatic heterocycles. The zero-order valence-corrected chi connectivity index (χ0v) is 58.2. The van der Waals surface area contributed by atoms with Crippen molar-refractivity contribution in [2.75, 3.05) is 264 Å². The van der Waals surface area contributed by atoms with E-state index in [-0.39, 0.29) is 302 Å². The van der Waals surface area contributed by atoms with Gasteiger partial charge in [-0.05, 0) is 78.4 Å². The lowest BCUT2D eigenvalue weighted by Gasteiger charge is -2.40. The molecular formula is C67H112O32. The number of benzene rings is 2. The fourth-order valence-corrected chi connectivity index (χ4v) is 8.60. The summed E-state index contributed by atoms with van der Waals surface area (Å²) in [6, 6.07) is 6.37. The zero-order chi connectivity index (χ0) is 71.5. The average molecular weight is 1430 g/mol. The van der Waals surface area contributed by atoms with E-state index in [1.54, 1.807) is 45.0 Å². The minimum atomic E-state index is -1.40. The van der Waals surface area contributed by atoms with Crippen molar-refractivity contribution in [1.82, 2.24) is 0 Å². The van der Waals surface area contributed by atoms with Crippen LogP contribution in [0.1, 0.15) is 74.9 Å². The molecule has 0 bridgehead atoms. The Balaban J connectivity index is 2.02. The summed E-state index contributed by atoms with van der Waals surface area (Å²) in [5, 5.41) is 54.2. The number of carbonyl (C=O) groups excluding carboxylic acids is 3. The highest BCUT2D eigenvalue weighted by Gasteiger charge is 2.44. The van der Waals surface area contributed by atoms with E-state index in [9.17, 15) is 14.4 Å². The molecule has 0 atom stereocenters. The molecule has 1 fully saturated rings. The SMILES string of the molecule is CC1(C)OCC(C)(C(=O)OC(COC(=O)c2cc(COCCOCCOCCO)c(COCCOCCOCCO)c(COCCOCCOCCO)c2)COC(=O)c2cc(COCCOCCOCCO)c(COCCOCCOCCO)c(COCCOCCOCCO)c2)CO1. The lowest BCUT2D eigenvalue weighted by molar-refractivity contribution is -0.282. The zero-order valence-electron chi connectivity index (χ0n) is 58.2. The van der Waals surface area contributed by atoms with Gasteiger partial charge in [0.25, 0.3) is 0 Å². The van der Waals surface area contributed by atoms with Crippen molar-refractivity contribution in [2.24, 2.45) is 5.41 Å². The van der Waals surface area contributed by atoms with Crippen LogP contribution in [0.25, 0.3) is 0 Å². The standard InChI is InChI=1S/C67H112O32/c1-66(2)97-52-67(3,53-98-66)65(76)99-60(48-95-63(74)54-40-56(44-89-34-28-83-22-16-77-10-4-68)61(50-93-38-32-87-26-20-81-14-8-72)57(41-54)45-90-35-29-84-23-17-78-11-5-69)49-96-64(75)55-42-58(46-91-36-30-85-24-18-79-12-6-70)62(51-94-39-33-88-27-21-82-15-9-73)59(43-55)47-92-37-31-86-25-19-80-13-7-71/h40-43,60,68-73H,4-39,44-53H2,1-3H3. The van der Waals surface area contributed by atoms with E-state index < -0.39 is 48.4 Å². The predicted octanol–water partition coefficient (Wildman–Crippen LogP) is 0.654. The lowest BCUT2D eigenvalue weighted by Crippen LogP contribution is -2.50. The second-order valence-corrected chi connectivity index (χ2v) is 22.3. The largest absolute Gasteiger partial charge is 0.458 e. The highest BCUT2D eigenvalue weighted by Crippen LogP contribution is 2.31. The summed E-state index contributed by atoms with van der Waals surface area (Å²) in [7, 11) is 0. The van der Waals surface area contributed by atoms with Crippen LogP contribution in [0.2, 0.25) is 0 Å². The van der Waals surface area contributed by atoms with Gasteiger partial charge in [0, 0.05) is 0 Å². The maximum Gasteiger partial charge on any atom is 0.338 e. The van der Waals surface area contributed by atoms with Crippen LogP contribution in [0, 0.1) is 5.41 Å². The summed E-state index contributed by atoms with van der Waals surface area (Å²) in [6.07, 6.45) is -1.40. The molecule has 1 aliphatic rings. The third-order valence-corrected chi connectivity index (χ3v) is 13.8. The fraction of sp³-hybridized carbons (Fsp3) is 0.776. The van der Waals surface area contributed by atoms with Gasteiger partial charge in [0.2, 0.25) is 0 Å². The number of hydrogen-bond donors (Lipinski definition) is 6. The fourth-order valence-electron chi connectivity index (χ4n) is 8.60. The number of aliphatic hydroxyl groups is 6. The van der Waals surface area contributed by atoms with E-state index >= 15 is 0 Å². The van der Waals surface area contributed by atoms with Crippen LogP contribution >= 0.6 is 0 Å². The Bertz CT molecular complexity index is 2100. The van der Waals surface area contributed by atoms with Gasteiger partial charge in [-0.25, -0.2) is 9.59 Å². The van der Waals surface area contributed by atoms with E-state index in [1.807, 2.05) is 0 Å². The molecule has 32 heteroatoms. The Morgan fingerprint density at radius 3 is 0.778 bits per heavy atom. The first kappa shape index (κ1) is 89.0. The van der Waals surface area contributed by atoms with Crippen LogP contribution in [0.5, 0.6) is 0 Å². The van der Waals surface area contributed by atoms with Crippen molar-refractivity contribution in [1.29, 1.82) is 0 Å². The maximum absolute atomic E-state index is 14.5. The molecule has 2 aromatic carbocycles. The van der Waals surface area contributed by atoms with Gasteiger partial charge >= 0.3 is 17.9 Å². The molecule has 32 nitrogen and oxygen atoms in total. The third kappa shape index (κ3) is 42.9. The first-order chi connectivity index (χ1) is 48.3. The topological polar surface area (TPSA) is 385 Å². The number of aliphatic hydroxyl groups excluding tert-OH is 6. The molecule has 0 aliphatic carbocycles. The van der Waals surface area contributed by atoms with E-state index in [0.29, 0.717) is 33.4 Å². The Morgan fingerprint density at radius 1 is 0.333 bits per heavy atom. The Labute approximate surface area is 580 Å². The van der Waals surface area contributed by atoms with Crippen molar-refractivity contribution >= 4 is 17.9 Å². The van der Waals surface area contributed by atoms with Crippen LogP contribution < -0.4 is 0 Å². The molecule has 0 radical (unpaired) electrons. The van der Waals surface area contributed by atoms with Gasteiger partial charge in [-0.2, -0.15) is 0 Å². The van der Waals surface area contributed by atoms with Crippen LogP contribution in [-0.4, -0.2) is 325 Å². The molecule has 99 heavy (non-hydrogen) atoms. The van der Waals surface area contributed by atoms with E-state index in [4.69, 9.17) is 140 Å². The molecular weight excluding hydrogens is 1320 g/mol. The predicted molar refractivity (Wildman–Crippen MR) is 348 cm³/mol. The number of hydrogen-bond acceptors (Lipinski definition) is 32. The maximum atomic E-state index is 14.5. The molecule has 0 unspecified atom stereocenters. The summed E-state index contributed by atoms with van der Waals surface area (Å²) in [5.74, 6) is -3.48. The molecule has 572 valence electrons. The average Bonchev–Trinajstić information content (AvgIpc) is 0.862. The molecule has 0 spiro atoms. The number of esters is 3. The summed E-state index contributed by atoms with van der Waals surface area (Å²) in [5.41, 5.74) is 2.23. The Morgan fingerprint density at radius 2 is 0.545 bits per heavy atom.